The summed E-state index contributed by atoms with van der Waals surface area (Å²) in [6.07, 6.45) is 5.06. The predicted octanol–water partition coefficient (Wildman–Crippen LogP) is 3.72. The SMILES string of the molecule is CCCCC(c1ccccc1OC)N1CCCC(C(=O)O)C1. The van der Waals surface area contributed by atoms with Gasteiger partial charge in [0.2, 0.25) is 0 Å². The van der Waals surface area contributed by atoms with E-state index >= 15 is 0 Å². The van der Waals surface area contributed by atoms with Crippen molar-refractivity contribution in [2.45, 2.75) is 45.1 Å². The van der Waals surface area contributed by atoms with Crippen molar-refractivity contribution in [3.8, 4) is 5.75 Å². The van der Waals surface area contributed by atoms with E-state index < -0.39 is 5.97 Å². The maximum Gasteiger partial charge on any atom is 0.307 e. The second-order valence-corrected chi connectivity index (χ2v) is 6.07. The monoisotopic (exact) mass is 305 g/mol. The second kappa shape index (κ2) is 8.18. The first-order valence-corrected chi connectivity index (χ1v) is 8.27. The van der Waals surface area contributed by atoms with Crippen LogP contribution in [0, 0.1) is 5.92 Å². The molecule has 1 N–H and O–H groups in total. The molecule has 4 nitrogen and oxygen atoms in total. The highest BCUT2D eigenvalue weighted by atomic mass is 16.5. The molecule has 4 heteroatoms. The van der Waals surface area contributed by atoms with E-state index in [0.717, 1.165) is 44.4 Å². The third-order valence-corrected chi connectivity index (χ3v) is 4.57. The maximum atomic E-state index is 11.3. The molecular formula is C18H27NO3. The minimum atomic E-state index is -0.668. The summed E-state index contributed by atoms with van der Waals surface area (Å²) in [7, 11) is 1.70. The number of piperidine rings is 1. The first-order chi connectivity index (χ1) is 10.7. The molecule has 0 aliphatic carbocycles. The third-order valence-electron chi connectivity index (χ3n) is 4.57. The first-order valence-electron chi connectivity index (χ1n) is 8.27. The zero-order valence-electron chi connectivity index (χ0n) is 13.6. The number of methoxy groups -OCH3 is 1. The van der Waals surface area contributed by atoms with E-state index in [-0.39, 0.29) is 12.0 Å². The number of likely N-dealkylation sites (tertiary alicyclic amines) is 1. The van der Waals surface area contributed by atoms with Crippen LogP contribution in [0.25, 0.3) is 0 Å². The Balaban J connectivity index is 2.23. The number of hydrogen-bond donors (Lipinski definition) is 1. The lowest BCUT2D eigenvalue weighted by Gasteiger charge is -2.37. The number of carboxylic acid groups (broad SMARTS) is 1. The number of aliphatic carboxylic acids is 1. The van der Waals surface area contributed by atoms with Crippen molar-refractivity contribution >= 4 is 5.97 Å². The molecule has 0 spiro atoms. The molecular weight excluding hydrogens is 278 g/mol. The molecule has 1 aliphatic rings. The van der Waals surface area contributed by atoms with Crippen LogP contribution in [-0.4, -0.2) is 36.2 Å². The van der Waals surface area contributed by atoms with E-state index in [1.165, 1.54) is 5.56 Å². The van der Waals surface area contributed by atoms with Gasteiger partial charge in [-0.25, -0.2) is 0 Å². The Morgan fingerprint density at radius 1 is 1.45 bits per heavy atom. The molecule has 1 saturated heterocycles. The minimum Gasteiger partial charge on any atom is -0.496 e. The van der Waals surface area contributed by atoms with Gasteiger partial charge in [-0.05, 0) is 31.9 Å². The fourth-order valence-electron chi connectivity index (χ4n) is 3.37. The van der Waals surface area contributed by atoms with Gasteiger partial charge in [-0.3, -0.25) is 9.69 Å². The summed E-state index contributed by atoms with van der Waals surface area (Å²) in [6, 6.07) is 8.37. The number of hydrogen-bond acceptors (Lipinski definition) is 3. The Morgan fingerprint density at radius 3 is 2.91 bits per heavy atom. The van der Waals surface area contributed by atoms with Gasteiger partial charge < -0.3 is 9.84 Å². The van der Waals surface area contributed by atoms with Crippen LogP contribution in [0.2, 0.25) is 0 Å². The van der Waals surface area contributed by atoms with Gasteiger partial charge in [0, 0.05) is 18.2 Å². The molecule has 122 valence electrons. The van der Waals surface area contributed by atoms with Crippen LogP contribution in [0.3, 0.4) is 0 Å². The lowest BCUT2D eigenvalue weighted by molar-refractivity contribution is -0.144. The lowest BCUT2D eigenvalue weighted by Crippen LogP contribution is -2.41. The van der Waals surface area contributed by atoms with Crippen molar-refractivity contribution in [3.05, 3.63) is 29.8 Å². The van der Waals surface area contributed by atoms with Crippen LogP contribution < -0.4 is 4.74 Å². The highest BCUT2D eigenvalue weighted by Crippen LogP contribution is 2.35. The molecule has 0 amide bonds. The number of rotatable bonds is 7. The van der Waals surface area contributed by atoms with Gasteiger partial charge >= 0.3 is 5.97 Å². The number of carboxylic acids is 1. The van der Waals surface area contributed by atoms with Crippen molar-refractivity contribution in [1.82, 2.24) is 4.90 Å². The molecule has 2 unspecified atom stereocenters. The highest BCUT2D eigenvalue weighted by Gasteiger charge is 2.31. The van der Waals surface area contributed by atoms with Gasteiger partial charge in [-0.1, -0.05) is 38.0 Å². The summed E-state index contributed by atoms with van der Waals surface area (Å²) >= 11 is 0. The molecule has 0 saturated carbocycles. The molecule has 1 aromatic carbocycles. The van der Waals surface area contributed by atoms with Gasteiger partial charge in [-0.15, -0.1) is 0 Å². The fraction of sp³-hybridized carbons (Fsp3) is 0.611. The average molecular weight is 305 g/mol. The van der Waals surface area contributed by atoms with E-state index in [9.17, 15) is 9.90 Å². The zero-order valence-corrected chi connectivity index (χ0v) is 13.6. The smallest absolute Gasteiger partial charge is 0.307 e. The Hall–Kier alpha value is -1.55. The number of nitrogens with zero attached hydrogens (tertiary/aromatic N) is 1. The molecule has 1 aromatic rings. The number of ether oxygens (including phenoxy) is 1. The van der Waals surface area contributed by atoms with Gasteiger partial charge in [0.25, 0.3) is 0 Å². The van der Waals surface area contributed by atoms with Crippen molar-refractivity contribution in [2.24, 2.45) is 5.92 Å². The Morgan fingerprint density at radius 2 is 2.23 bits per heavy atom. The summed E-state index contributed by atoms with van der Waals surface area (Å²) in [5, 5.41) is 9.33. The number of para-hydroxylation sites is 1. The van der Waals surface area contributed by atoms with E-state index in [2.05, 4.69) is 17.9 Å². The average Bonchev–Trinajstić information content (AvgIpc) is 2.56. The fourth-order valence-corrected chi connectivity index (χ4v) is 3.37. The summed E-state index contributed by atoms with van der Waals surface area (Å²) in [5.74, 6) is -0.00685. The van der Waals surface area contributed by atoms with Crippen molar-refractivity contribution in [2.75, 3.05) is 20.2 Å². The van der Waals surface area contributed by atoms with Crippen molar-refractivity contribution < 1.29 is 14.6 Å². The molecule has 0 aromatic heterocycles. The minimum absolute atomic E-state index is 0.243. The number of unbranched alkanes of at least 4 members (excludes halogenated alkanes) is 1. The van der Waals surface area contributed by atoms with E-state index in [1.54, 1.807) is 7.11 Å². The summed E-state index contributed by atoms with van der Waals surface area (Å²) in [5.41, 5.74) is 1.18. The van der Waals surface area contributed by atoms with Crippen LogP contribution in [0.1, 0.15) is 50.6 Å². The molecule has 0 radical (unpaired) electrons. The molecule has 1 heterocycles. The summed E-state index contributed by atoms with van der Waals surface area (Å²) in [4.78, 5) is 13.7. The van der Waals surface area contributed by atoms with Crippen LogP contribution >= 0.6 is 0 Å². The van der Waals surface area contributed by atoms with Crippen LogP contribution in [0.4, 0.5) is 0 Å². The molecule has 2 atom stereocenters. The topological polar surface area (TPSA) is 49.8 Å². The maximum absolute atomic E-state index is 11.3. The van der Waals surface area contributed by atoms with Crippen molar-refractivity contribution in [3.63, 3.8) is 0 Å². The predicted molar refractivity (Wildman–Crippen MR) is 87.2 cm³/mol. The van der Waals surface area contributed by atoms with Crippen LogP contribution in [-0.2, 0) is 4.79 Å². The van der Waals surface area contributed by atoms with Gasteiger partial charge in [0.1, 0.15) is 5.75 Å². The van der Waals surface area contributed by atoms with Gasteiger partial charge in [0.05, 0.1) is 13.0 Å². The molecule has 0 bridgehead atoms. The molecule has 22 heavy (non-hydrogen) atoms. The van der Waals surface area contributed by atoms with E-state index in [0.29, 0.717) is 6.54 Å². The van der Waals surface area contributed by atoms with Crippen molar-refractivity contribution in [1.29, 1.82) is 0 Å². The van der Waals surface area contributed by atoms with Crippen LogP contribution in [0.15, 0.2) is 24.3 Å². The number of benzene rings is 1. The standard InChI is InChI=1S/C18H27NO3/c1-3-4-10-16(15-9-5-6-11-17(15)22-2)19-12-7-8-14(13-19)18(20)21/h5-6,9,11,14,16H,3-4,7-8,10,12-13H2,1-2H3,(H,20,21). The van der Waals surface area contributed by atoms with E-state index in [4.69, 9.17) is 4.74 Å². The summed E-state index contributed by atoms with van der Waals surface area (Å²) in [6.45, 7) is 3.80. The Bertz CT molecular complexity index is 489. The van der Waals surface area contributed by atoms with Crippen LogP contribution in [0.5, 0.6) is 5.75 Å². The van der Waals surface area contributed by atoms with Gasteiger partial charge in [0.15, 0.2) is 0 Å². The van der Waals surface area contributed by atoms with Gasteiger partial charge in [-0.2, -0.15) is 0 Å². The lowest BCUT2D eigenvalue weighted by atomic mass is 9.92. The first kappa shape index (κ1) is 16.8. The quantitative estimate of drug-likeness (QED) is 0.834. The Kier molecular flexibility index (Phi) is 6.25. The van der Waals surface area contributed by atoms with E-state index in [1.807, 2.05) is 18.2 Å². The molecule has 2 rings (SSSR count). The molecule has 1 fully saturated rings. The number of carbonyl (C=O) groups is 1. The normalized spacial score (nSPS) is 20.5. The highest BCUT2D eigenvalue weighted by molar-refractivity contribution is 5.70. The third kappa shape index (κ3) is 4.01. The zero-order chi connectivity index (χ0) is 15.9. The summed E-state index contributed by atoms with van der Waals surface area (Å²) < 4.78 is 5.53. The molecule has 1 aliphatic heterocycles. The largest absolute Gasteiger partial charge is 0.496 e. The second-order valence-electron chi connectivity index (χ2n) is 6.07. The Labute approximate surface area is 133 Å².